The van der Waals surface area contributed by atoms with Gasteiger partial charge in [-0.2, -0.15) is 0 Å². The van der Waals surface area contributed by atoms with Gasteiger partial charge in [-0.1, -0.05) is 98.2 Å². The van der Waals surface area contributed by atoms with E-state index in [9.17, 15) is 4.79 Å². The lowest BCUT2D eigenvalue weighted by Crippen LogP contribution is -3.00. The van der Waals surface area contributed by atoms with E-state index in [-0.39, 0.29) is 24.9 Å². The molecule has 226 valence electrons. The van der Waals surface area contributed by atoms with Crippen molar-refractivity contribution in [3.8, 4) is 0 Å². The standard InChI is InChI=1S/C36H36ClN5O.ClH/c1-3-39(4-2)21-22-40-33-19-11-12-20-34(33)42(36(40)38)25-35(43)41(32-18-10-9-17-31(32)37)24-30-28-15-7-5-13-26(28)23-27-14-6-8-16-29(27)30;/h5-20,23,38H,3-4,21-22,24-25H2,1-2H3;1H. The van der Waals surface area contributed by atoms with Gasteiger partial charge in [0.25, 0.3) is 5.91 Å². The van der Waals surface area contributed by atoms with Gasteiger partial charge in [0.05, 0.1) is 23.8 Å². The van der Waals surface area contributed by atoms with Crippen LogP contribution in [-0.2, 0) is 24.4 Å². The van der Waals surface area contributed by atoms with Crippen molar-refractivity contribution in [3.05, 3.63) is 114 Å². The molecule has 0 aliphatic heterocycles. The van der Waals surface area contributed by atoms with Crippen LogP contribution in [0.3, 0.4) is 0 Å². The molecule has 0 aliphatic rings. The molecule has 0 saturated carbocycles. The average Bonchev–Trinajstić information content (AvgIpc) is 3.30. The molecule has 0 spiro atoms. The molecule has 6 rings (SSSR count). The highest BCUT2D eigenvalue weighted by Crippen LogP contribution is 2.33. The molecule has 6 nitrogen and oxygen atoms in total. The first-order chi connectivity index (χ1) is 21.0. The minimum atomic E-state index is -0.0894. The molecule has 0 fully saturated rings. The van der Waals surface area contributed by atoms with Crippen molar-refractivity contribution >= 4 is 61.7 Å². The Labute approximate surface area is 269 Å². The smallest absolute Gasteiger partial charge is 0.356 e. The second-order valence-electron chi connectivity index (χ2n) is 10.8. The van der Waals surface area contributed by atoms with Gasteiger partial charge in [0.15, 0.2) is 6.54 Å². The zero-order valence-corrected chi connectivity index (χ0v) is 26.6. The Bertz CT molecular complexity index is 1880. The second kappa shape index (κ2) is 13.7. The molecule has 5 aromatic carbocycles. The molecular weight excluding hydrogens is 589 g/mol. The highest BCUT2D eigenvalue weighted by molar-refractivity contribution is 6.33. The van der Waals surface area contributed by atoms with E-state index in [4.69, 9.17) is 17.3 Å². The van der Waals surface area contributed by atoms with E-state index in [1.54, 1.807) is 0 Å². The number of para-hydroxylation sites is 3. The van der Waals surface area contributed by atoms with Crippen LogP contribution in [0, 0.1) is 0 Å². The van der Waals surface area contributed by atoms with Gasteiger partial charge in [0.2, 0.25) is 0 Å². The number of halogens is 2. The molecule has 0 saturated heterocycles. The molecule has 0 bridgehead atoms. The van der Waals surface area contributed by atoms with Gasteiger partial charge in [-0.05, 0) is 70.5 Å². The topological polar surface area (TPSA) is 58.4 Å². The van der Waals surface area contributed by atoms with Crippen LogP contribution in [0.25, 0.3) is 32.6 Å². The van der Waals surface area contributed by atoms with Crippen molar-refractivity contribution in [2.24, 2.45) is 0 Å². The molecule has 44 heavy (non-hydrogen) atoms. The third kappa shape index (κ3) is 5.98. The quantitative estimate of drug-likeness (QED) is 0.185. The SMILES string of the molecule is CCN(CC)CCn1c(N)[n+](CC(=O)N(Cc2c3ccccc3cc3ccccc23)c2ccccc2Cl)c2ccccc21.[Cl-]. The van der Waals surface area contributed by atoms with E-state index in [0.717, 1.165) is 64.3 Å². The predicted octanol–water partition coefficient (Wildman–Crippen LogP) is 4.05. The number of benzene rings is 5. The molecule has 2 N–H and O–H groups in total. The average molecular weight is 627 g/mol. The van der Waals surface area contributed by atoms with Crippen LogP contribution in [0.5, 0.6) is 0 Å². The number of aromatic nitrogens is 2. The van der Waals surface area contributed by atoms with E-state index in [1.807, 2.05) is 76.2 Å². The molecule has 1 aromatic heterocycles. The van der Waals surface area contributed by atoms with Crippen LogP contribution >= 0.6 is 11.6 Å². The first kappa shape index (κ1) is 31.3. The fraction of sp³-hybridized carbons (Fsp3) is 0.222. The van der Waals surface area contributed by atoms with Crippen LogP contribution in [-0.4, -0.2) is 35.0 Å². The summed E-state index contributed by atoms with van der Waals surface area (Å²) in [7, 11) is 0. The number of nitrogens with zero attached hydrogens (tertiary/aromatic N) is 4. The Morgan fingerprint density at radius 3 is 2.09 bits per heavy atom. The van der Waals surface area contributed by atoms with Crippen LogP contribution in [0.4, 0.5) is 11.6 Å². The summed E-state index contributed by atoms with van der Waals surface area (Å²) in [6, 6.07) is 34.6. The molecule has 6 aromatic rings. The number of amides is 1. The third-order valence-corrected chi connectivity index (χ3v) is 8.81. The van der Waals surface area contributed by atoms with Crippen LogP contribution in [0.15, 0.2) is 103 Å². The van der Waals surface area contributed by atoms with Crippen molar-refractivity contribution in [1.82, 2.24) is 9.47 Å². The second-order valence-corrected chi connectivity index (χ2v) is 11.2. The number of imidazole rings is 1. The minimum Gasteiger partial charge on any atom is -1.00 e. The van der Waals surface area contributed by atoms with Gasteiger partial charge >= 0.3 is 5.95 Å². The van der Waals surface area contributed by atoms with Gasteiger partial charge in [-0.15, -0.1) is 0 Å². The molecule has 0 unspecified atom stereocenters. The van der Waals surface area contributed by atoms with Crippen LogP contribution in [0.1, 0.15) is 19.4 Å². The molecule has 1 heterocycles. The zero-order valence-electron chi connectivity index (χ0n) is 25.1. The number of nitrogen functional groups attached to an aromatic ring is 1. The Balaban J connectivity index is 0.00000384. The zero-order chi connectivity index (χ0) is 29.9. The van der Waals surface area contributed by atoms with Gasteiger partial charge in [-0.3, -0.25) is 10.5 Å². The number of carbonyl (C=O) groups excluding carboxylic acids is 1. The number of rotatable bonds is 10. The minimum absolute atomic E-state index is 0. The number of likely N-dealkylation sites (N-methyl/N-ethyl adjacent to an activating group) is 1. The summed E-state index contributed by atoms with van der Waals surface area (Å²) in [4.78, 5) is 18.7. The molecule has 0 aliphatic carbocycles. The van der Waals surface area contributed by atoms with E-state index in [0.29, 0.717) is 23.2 Å². The third-order valence-electron chi connectivity index (χ3n) is 8.49. The highest BCUT2D eigenvalue weighted by Gasteiger charge is 2.27. The van der Waals surface area contributed by atoms with E-state index in [2.05, 4.69) is 59.7 Å². The first-order valence-electron chi connectivity index (χ1n) is 14.9. The highest BCUT2D eigenvalue weighted by atomic mass is 35.5. The predicted molar refractivity (Wildman–Crippen MR) is 178 cm³/mol. The number of nitrogens with two attached hydrogens (primary N) is 1. The molecular formula is C36H37Cl2N5O. The largest absolute Gasteiger partial charge is 1.00 e. The number of anilines is 2. The van der Waals surface area contributed by atoms with Crippen molar-refractivity contribution in [2.45, 2.75) is 33.5 Å². The summed E-state index contributed by atoms with van der Waals surface area (Å²) in [6.07, 6.45) is 0. The maximum Gasteiger partial charge on any atom is 0.356 e. The fourth-order valence-corrected chi connectivity index (χ4v) is 6.37. The number of hydrogen-bond acceptors (Lipinski definition) is 3. The molecule has 8 heteroatoms. The summed E-state index contributed by atoms with van der Waals surface area (Å²) in [6.45, 7) is 8.36. The van der Waals surface area contributed by atoms with Gasteiger partial charge in [-0.25, -0.2) is 9.13 Å². The lowest BCUT2D eigenvalue weighted by Gasteiger charge is -2.25. The summed E-state index contributed by atoms with van der Waals surface area (Å²) >= 11 is 6.76. The molecule has 0 atom stereocenters. The van der Waals surface area contributed by atoms with E-state index in [1.165, 1.54) is 0 Å². The lowest BCUT2D eigenvalue weighted by atomic mass is 9.96. The monoisotopic (exact) mass is 625 g/mol. The van der Waals surface area contributed by atoms with E-state index >= 15 is 0 Å². The summed E-state index contributed by atoms with van der Waals surface area (Å²) in [5.74, 6) is 0.477. The number of carbonyl (C=O) groups is 1. The van der Waals surface area contributed by atoms with E-state index < -0.39 is 0 Å². The number of fused-ring (bicyclic) bond motifs is 3. The van der Waals surface area contributed by atoms with Gasteiger partial charge in [0, 0.05) is 6.54 Å². The fourth-order valence-electron chi connectivity index (χ4n) is 6.13. The summed E-state index contributed by atoms with van der Waals surface area (Å²) in [5, 5.41) is 5.03. The summed E-state index contributed by atoms with van der Waals surface area (Å²) in [5.41, 5.74) is 10.5. The van der Waals surface area contributed by atoms with Crippen LogP contribution in [0.2, 0.25) is 5.02 Å². The van der Waals surface area contributed by atoms with Crippen molar-refractivity contribution in [2.75, 3.05) is 30.3 Å². The van der Waals surface area contributed by atoms with Crippen molar-refractivity contribution < 1.29 is 21.8 Å². The Morgan fingerprint density at radius 2 is 1.43 bits per heavy atom. The maximum atomic E-state index is 14.5. The maximum absolute atomic E-state index is 14.5. The normalized spacial score (nSPS) is 11.4. The first-order valence-corrected chi connectivity index (χ1v) is 15.3. The Hall–Kier alpha value is -4.10. The Morgan fingerprint density at radius 1 is 0.841 bits per heavy atom. The Kier molecular flexibility index (Phi) is 9.74. The van der Waals surface area contributed by atoms with Gasteiger partial charge in [0.1, 0.15) is 11.0 Å². The van der Waals surface area contributed by atoms with Gasteiger partial charge < -0.3 is 22.2 Å². The lowest BCUT2D eigenvalue weighted by molar-refractivity contribution is -0.644. The van der Waals surface area contributed by atoms with Crippen molar-refractivity contribution in [3.63, 3.8) is 0 Å². The number of hydrogen-bond donors (Lipinski definition) is 1. The summed E-state index contributed by atoms with van der Waals surface area (Å²) < 4.78 is 4.06. The van der Waals surface area contributed by atoms with Crippen LogP contribution < -0.4 is 27.6 Å². The van der Waals surface area contributed by atoms with Crippen molar-refractivity contribution in [1.29, 1.82) is 0 Å². The molecule has 1 amide bonds. The molecule has 0 radical (unpaired) electrons.